The van der Waals surface area contributed by atoms with Gasteiger partial charge in [0, 0.05) is 0 Å². The van der Waals surface area contributed by atoms with Gasteiger partial charge < -0.3 is 4.74 Å². The zero-order valence-corrected chi connectivity index (χ0v) is 7.25. The van der Waals surface area contributed by atoms with Crippen molar-refractivity contribution in [3.63, 3.8) is 0 Å². The Labute approximate surface area is 79.3 Å². The molecule has 1 unspecified atom stereocenters. The number of Topliss-reactive ketones (excluding diaryl/α,β-unsaturated/α-hetero) is 1. The van der Waals surface area contributed by atoms with Crippen LogP contribution in [0.25, 0.3) is 0 Å². The van der Waals surface area contributed by atoms with E-state index in [1.165, 1.54) is 0 Å². The SMILES string of the molecule is O=C1Oc2ccccc2C(=O)C1Cl. The molecule has 1 aromatic carbocycles. The lowest BCUT2D eigenvalue weighted by Gasteiger charge is -2.17. The van der Waals surface area contributed by atoms with E-state index in [0.717, 1.165) is 0 Å². The molecule has 0 saturated carbocycles. The Morgan fingerprint density at radius 1 is 1.23 bits per heavy atom. The Morgan fingerprint density at radius 2 is 1.92 bits per heavy atom. The number of hydrogen-bond donors (Lipinski definition) is 0. The predicted molar refractivity (Wildman–Crippen MR) is 46.0 cm³/mol. The maximum Gasteiger partial charge on any atom is 0.337 e. The Hall–Kier alpha value is -1.35. The van der Waals surface area contributed by atoms with E-state index in [-0.39, 0.29) is 5.75 Å². The molecule has 1 aromatic rings. The van der Waals surface area contributed by atoms with E-state index in [1.807, 2.05) is 0 Å². The first-order valence-electron chi connectivity index (χ1n) is 3.69. The number of ether oxygens (including phenoxy) is 1. The van der Waals surface area contributed by atoms with E-state index in [0.29, 0.717) is 5.56 Å². The molecular formula is C9H5ClO3. The normalized spacial score (nSPS) is 20.8. The molecule has 0 bridgehead atoms. The second-order valence-electron chi connectivity index (χ2n) is 2.64. The highest BCUT2D eigenvalue weighted by atomic mass is 35.5. The molecule has 0 amide bonds. The second kappa shape index (κ2) is 2.85. The van der Waals surface area contributed by atoms with Crippen LogP contribution in [0.2, 0.25) is 0 Å². The van der Waals surface area contributed by atoms with Gasteiger partial charge in [-0.15, -0.1) is 11.6 Å². The number of para-hydroxylation sites is 1. The van der Waals surface area contributed by atoms with E-state index in [4.69, 9.17) is 16.3 Å². The highest BCUT2D eigenvalue weighted by molar-refractivity contribution is 6.44. The molecule has 0 fully saturated rings. The van der Waals surface area contributed by atoms with Gasteiger partial charge in [-0.25, -0.2) is 4.79 Å². The summed E-state index contributed by atoms with van der Waals surface area (Å²) in [7, 11) is 0. The molecule has 0 aromatic heterocycles. The number of benzene rings is 1. The summed E-state index contributed by atoms with van der Waals surface area (Å²) in [6, 6.07) is 6.53. The molecule has 1 atom stereocenters. The van der Waals surface area contributed by atoms with E-state index in [2.05, 4.69) is 0 Å². The van der Waals surface area contributed by atoms with Gasteiger partial charge in [0.15, 0.2) is 11.2 Å². The fourth-order valence-corrected chi connectivity index (χ4v) is 1.32. The monoisotopic (exact) mass is 196 g/mol. The number of ketones is 1. The van der Waals surface area contributed by atoms with Crippen LogP contribution >= 0.6 is 11.6 Å². The number of alkyl halides is 1. The quantitative estimate of drug-likeness (QED) is 0.273. The topological polar surface area (TPSA) is 43.4 Å². The zero-order chi connectivity index (χ0) is 9.42. The first-order valence-corrected chi connectivity index (χ1v) is 4.13. The first-order chi connectivity index (χ1) is 6.20. The van der Waals surface area contributed by atoms with Crippen LogP contribution in [0.3, 0.4) is 0 Å². The second-order valence-corrected chi connectivity index (χ2v) is 3.08. The van der Waals surface area contributed by atoms with Crippen LogP contribution in [0, 0.1) is 0 Å². The fraction of sp³-hybridized carbons (Fsp3) is 0.111. The van der Waals surface area contributed by atoms with E-state index in [1.54, 1.807) is 24.3 Å². The highest BCUT2D eigenvalue weighted by Crippen LogP contribution is 2.26. The third-order valence-electron chi connectivity index (χ3n) is 1.80. The number of carbonyl (C=O) groups excluding carboxylic acids is 2. The van der Waals surface area contributed by atoms with Crippen molar-refractivity contribution in [2.45, 2.75) is 5.38 Å². The Kier molecular flexibility index (Phi) is 1.81. The van der Waals surface area contributed by atoms with Gasteiger partial charge in [-0.2, -0.15) is 0 Å². The lowest BCUT2D eigenvalue weighted by Crippen LogP contribution is -2.34. The molecule has 1 aliphatic heterocycles. The summed E-state index contributed by atoms with van der Waals surface area (Å²) in [5, 5.41) is -1.20. The van der Waals surface area contributed by atoms with E-state index in [9.17, 15) is 9.59 Å². The lowest BCUT2D eigenvalue weighted by molar-refractivity contribution is -0.133. The minimum Gasteiger partial charge on any atom is -0.424 e. The van der Waals surface area contributed by atoms with Gasteiger partial charge >= 0.3 is 5.97 Å². The van der Waals surface area contributed by atoms with Crippen molar-refractivity contribution in [2.75, 3.05) is 0 Å². The van der Waals surface area contributed by atoms with Crippen LogP contribution in [-0.2, 0) is 4.79 Å². The number of rotatable bonds is 0. The van der Waals surface area contributed by atoms with Crippen molar-refractivity contribution in [3.05, 3.63) is 29.8 Å². The molecule has 4 heteroatoms. The number of halogens is 1. The summed E-state index contributed by atoms with van der Waals surface area (Å²) in [6.45, 7) is 0. The van der Waals surface area contributed by atoms with Crippen LogP contribution in [0.15, 0.2) is 24.3 Å². The zero-order valence-electron chi connectivity index (χ0n) is 6.49. The average Bonchev–Trinajstić information content (AvgIpc) is 2.15. The van der Waals surface area contributed by atoms with Crippen molar-refractivity contribution in [1.29, 1.82) is 0 Å². The maximum atomic E-state index is 11.4. The smallest absolute Gasteiger partial charge is 0.337 e. The Bertz CT molecular complexity index is 386. The molecule has 2 rings (SSSR count). The minimum absolute atomic E-state index is 0.286. The molecule has 1 aliphatic rings. The molecule has 0 N–H and O–H groups in total. The van der Waals surface area contributed by atoms with Gasteiger partial charge in [0.05, 0.1) is 5.56 Å². The molecule has 13 heavy (non-hydrogen) atoms. The molecule has 1 heterocycles. The van der Waals surface area contributed by atoms with Crippen LogP contribution in [-0.4, -0.2) is 17.1 Å². The van der Waals surface area contributed by atoms with Crippen molar-refractivity contribution in [1.82, 2.24) is 0 Å². The lowest BCUT2D eigenvalue weighted by atomic mass is 10.0. The van der Waals surface area contributed by atoms with Crippen molar-refractivity contribution in [2.24, 2.45) is 0 Å². The number of carbonyl (C=O) groups is 2. The van der Waals surface area contributed by atoms with Crippen molar-refractivity contribution >= 4 is 23.4 Å². The van der Waals surface area contributed by atoms with E-state index >= 15 is 0 Å². The molecule has 0 saturated heterocycles. The third kappa shape index (κ3) is 1.21. The maximum absolute atomic E-state index is 11.4. The summed E-state index contributed by atoms with van der Waals surface area (Å²) in [5.41, 5.74) is 0.363. The van der Waals surface area contributed by atoms with Crippen molar-refractivity contribution in [3.8, 4) is 5.75 Å². The van der Waals surface area contributed by atoms with Gasteiger partial charge in [-0.05, 0) is 12.1 Å². The van der Waals surface area contributed by atoms with Gasteiger partial charge in [0.2, 0.25) is 0 Å². The number of esters is 1. The summed E-state index contributed by atoms with van der Waals surface area (Å²) < 4.78 is 4.82. The summed E-state index contributed by atoms with van der Waals surface area (Å²) in [5.74, 6) is -0.812. The minimum atomic E-state index is -1.20. The number of hydrogen-bond acceptors (Lipinski definition) is 3. The van der Waals surface area contributed by atoms with Gasteiger partial charge in [-0.1, -0.05) is 12.1 Å². The van der Waals surface area contributed by atoms with Crippen LogP contribution in [0.4, 0.5) is 0 Å². The summed E-state index contributed by atoms with van der Waals surface area (Å²) in [4.78, 5) is 22.4. The van der Waals surface area contributed by atoms with Crippen LogP contribution in [0.1, 0.15) is 10.4 Å². The highest BCUT2D eigenvalue weighted by Gasteiger charge is 2.34. The van der Waals surface area contributed by atoms with Crippen LogP contribution in [0.5, 0.6) is 5.75 Å². The fourth-order valence-electron chi connectivity index (χ4n) is 1.16. The van der Waals surface area contributed by atoms with Crippen molar-refractivity contribution < 1.29 is 14.3 Å². The van der Waals surface area contributed by atoms with Gasteiger partial charge in [0.25, 0.3) is 0 Å². The average molecular weight is 197 g/mol. The molecule has 0 aliphatic carbocycles. The van der Waals surface area contributed by atoms with Crippen LogP contribution < -0.4 is 4.74 Å². The first kappa shape index (κ1) is 8.26. The standard InChI is InChI=1S/C9H5ClO3/c10-7-8(11)5-3-1-2-4-6(5)13-9(7)12/h1-4,7H. The molecular weight excluding hydrogens is 192 g/mol. The predicted octanol–water partition coefficient (Wildman–Crippen LogP) is 1.40. The Balaban J connectivity index is 2.55. The molecule has 66 valence electrons. The van der Waals surface area contributed by atoms with Gasteiger partial charge in [-0.3, -0.25) is 4.79 Å². The van der Waals surface area contributed by atoms with E-state index < -0.39 is 17.1 Å². The molecule has 3 nitrogen and oxygen atoms in total. The largest absolute Gasteiger partial charge is 0.424 e. The third-order valence-corrected chi connectivity index (χ3v) is 2.18. The Morgan fingerprint density at radius 3 is 2.69 bits per heavy atom. The molecule has 0 radical (unpaired) electrons. The summed E-state index contributed by atoms with van der Waals surface area (Å²) >= 11 is 5.52. The van der Waals surface area contributed by atoms with Gasteiger partial charge in [0.1, 0.15) is 5.75 Å². The summed E-state index contributed by atoms with van der Waals surface area (Å²) in [6.07, 6.45) is 0. The molecule has 0 spiro atoms. The number of fused-ring (bicyclic) bond motifs is 1.